The lowest BCUT2D eigenvalue weighted by molar-refractivity contribution is -0.137. The van der Waals surface area contributed by atoms with Crippen molar-refractivity contribution in [3.8, 4) is 0 Å². The fourth-order valence-electron chi connectivity index (χ4n) is 1.66. The van der Waals surface area contributed by atoms with E-state index in [0.29, 0.717) is 24.9 Å². The van der Waals surface area contributed by atoms with E-state index in [1.54, 1.807) is 0 Å². The molecule has 0 fully saturated rings. The first-order chi connectivity index (χ1) is 8.84. The minimum absolute atomic E-state index is 0.388. The Morgan fingerprint density at radius 1 is 1.32 bits per heavy atom. The largest absolute Gasteiger partial charge is 0.417 e. The Bertz CT molecular complexity index is 374. The fraction of sp³-hybridized carbons (Fsp3) is 0.615. The molecule has 0 radical (unpaired) electrons. The number of hydrogen-bond donors (Lipinski definition) is 1. The van der Waals surface area contributed by atoms with Crippen molar-refractivity contribution in [2.24, 2.45) is 0 Å². The van der Waals surface area contributed by atoms with Crippen LogP contribution < -0.4 is 10.2 Å². The van der Waals surface area contributed by atoms with E-state index in [-0.39, 0.29) is 0 Å². The monoisotopic (exact) mass is 275 g/mol. The zero-order chi connectivity index (χ0) is 14.5. The van der Waals surface area contributed by atoms with Gasteiger partial charge in [-0.25, -0.2) is 4.98 Å². The number of likely N-dealkylation sites (N-methyl/N-ethyl adjacent to an activating group) is 1. The van der Waals surface area contributed by atoms with Crippen molar-refractivity contribution in [1.29, 1.82) is 0 Å². The number of nitrogens with one attached hydrogen (secondary N) is 1. The van der Waals surface area contributed by atoms with Gasteiger partial charge in [0.1, 0.15) is 5.82 Å². The molecule has 1 aromatic rings. The molecule has 1 heterocycles. The van der Waals surface area contributed by atoms with E-state index >= 15 is 0 Å². The molecule has 108 valence electrons. The van der Waals surface area contributed by atoms with Crippen molar-refractivity contribution < 1.29 is 13.2 Å². The molecule has 0 aliphatic rings. The van der Waals surface area contributed by atoms with Gasteiger partial charge in [0.2, 0.25) is 0 Å². The molecule has 0 atom stereocenters. The topological polar surface area (TPSA) is 28.2 Å². The molecule has 0 aromatic carbocycles. The quantitative estimate of drug-likeness (QED) is 0.865. The minimum Gasteiger partial charge on any atom is -0.356 e. The zero-order valence-corrected chi connectivity index (χ0v) is 11.5. The van der Waals surface area contributed by atoms with Crippen LogP contribution in [-0.2, 0) is 6.18 Å². The van der Waals surface area contributed by atoms with Gasteiger partial charge in [0.25, 0.3) is 0 Å². The maximum atomic E-state index is 12.4. The molecule has 0 aliphatic heterocycles. The molecule has 0 saturated heterocycles. The number of aromatic nitrogens is 1. The average Bonchev–Trinajstić information content (AvgIpc) is 2.33. The predicted molar refractivity (Wildman–Crippen MR) is 70.3 cm³/mol. The van der Waals surface area contributed by atoms with Crippen molar-refractivity contribution >= 4 is 5.82 Å². The van der Waals surface area contributed by atoms with Crippen LogP contribution in [0.3, 0.4) is 0 Å². The molecule has 0 amide bonds. The molecule has 1 N–H and O–H groups in total. The van der Waals surface area contributed by atoms with E-state index in [1.165, 1.54) is 6.07 Å². The van der Waals surface area contributed by atoms with Gasteiger partial charge in [-0.15, -0.1) is 0 Å². The SMILES string of the molecule is CCN(CCNC(C)C)c1ccc(C(F)(F)F)cn1. The third-order valence-electron chi connectivity index (χ3n) is 2.72. The molecule has 0 aliphatic carbocycles. The summed E-state index contributed by atoms with van der Waals surface area (Å²) in [6, 6.07) is 2.88. The van der Waals surface area contributed by atoms with Crippen LogP contribution in [0, 0.1) is 0 Å². The highest BCUT2D eigenvalue weighted by atomic mass is 19.4. The van der Waals surface area contributed by atoms with Crippen LogP contribution in [0.5, 0.6) is 0 Å². The molecular formula is C13H20F3N3. The Morgan fingerprint density at radius 3 is 2.42 bits per heavy atom. The van der Waals surface area contributed by atoms with E-state index in [9.17, 15) is 13.2 Å². The highest BCUT2D eigenvalue weighted by Crippen LogP contribution is 2.29. The minimum atomic E-state index is -4.33. The number of hydrogen-bond acceptors (Lipinski definition) is 3. The number of halogens is 3. The van der Waals surface area contributed by atoms with Crippen molar-refractivity contribution in [1.82, 2.24) is 10.3 Å². The van der Waals surface area contributed by atoms with Gasteiger partial charge < -0.3 is 10.2 Å². The lowest BCUT2D eigenvalue weighted by Crippen LogP contribution is -2.35. The summed E-state index contributed by atoms with van der Waals surface area (Å²) in [5.41, 5.74) is -0.715. The number of nitrogens with zero attached hydrogens (tertiary/aromatic N) is 2. The highest BCUT2D eigenvalue weighted by molar-refractivity contribution is 5.39. The molecule has 0 bridgehead atoms. The third-order valence-corrected chi connectivity index (χ3v) is 2.72. The summed E-state index contributed by atoms with van der Waals surface area (Å²) in [5.74, 6) is 0.570. The Hall–Kier alpha value is -1.30. The van der Waals surface area contributed by atoms with Crippen LogP contribution in [0.4, 0.5) is 19.0 Å². The van der Waals surface area contributed by atoms with Gasteiger partial charge in [-0.3, -0.25) is 0 Å². The van der Waals surface area contributed by atoms with Crippen LogP contribution in [0.1, 0.15) is 26.3 Å². The molecule has 6 heteroatoms. The van der Waals surface area contributed by atoms with Crippen LogP contribution in [0.2, 0.25) is 0 Å². The summed E-state index contributed by atoms with van der Waals surface area (Å²) >= 11 is 0. The first kappa shape index (κ1) is 15.8. The summed E-state index contributed by atoms with van der Waals surface area (Å²) in [6.07, 6.45) is -3.45. The molecule has 1 rings (SSSR count). The number of rotatable bonds is 6. The second-order valence-corrected chi connectivity index (χ2v) is 4.59. The van der Waals surface area contributed by atoms with Crippen molar-refractivity contribution in [3.05, 3.63) is 23.9 Å². The van der Waals surface area contributed by atoms with Crippen LogP contribution in [0.25, 0.3) is 0 Å². The first-order valence-corrected chi connectivity index (χ1v) is 6.36. The fourth-order valence-corrected chi connectivity index (χ4v) is 1.66. The summed E-state index contributed by atoms with van der Waals surface area (Å²) in [5, 5.41) is 3.27. The summed E-state index contributed by atoms with van der Waals surface area (Å²) in [7, 11) is 0. The van der Waals surface area contributed by atoms with E-state index < -0.39 is 11.7 Å². The highest BCUT2D eigenvalue weighted by Gasteiger charge is 2.30. The smallest absolute Gasteiger partial charge is 0.356 e. The Balaban J connectivity index is 2.66. The molecule has 19 heavy (non-hydrogen) atoms. The lowest BCUT2D eigenvalue weighted by Gasteiger charge is -2.23. The molecule has 3 nitrogen and oxygen atoms in total. The normalized spacial score (nSPS) is 11.9. The van der Waals surface area contributed by atoms with Crippen molar-refractivity contribution in [2.45, 2.75) is 33.0 Å². The van der Waals surface area contributed by atoms with Crippen LogP contribution in [-0.4, -0.2) is 30.7 Å². The molecule has 0 unspecified atom stereocenters. The number of pyridine rings is 1. The lowest BCUT2D eigenvalue weighted by atomic mass is 10.2. The van der Waals surface area contributed by atoms with E-state index in [1.807, 2.05) is 25.7 Å². The Morgan fingerprint density at radius 2 is 2.00 bits per heavy atom. The third kappa shape index (κ3) is 5.06. The number of alkyl halides is 3. The van der Waals surface area contributed by atoms with E-state index in [4.69, 9.17) is 0 Å². The van der Waals surface area contributed by atoms with Crippen molar-refractivity contribution in [2.75, 3.05) is 24.5 Å². The molecule has 0 spiro atoms. The van der Waals surface area contributed by atoms with Gasteiger partial charge in [0.15, 0.2) is 0 Å². The van der Waals surface area contributed by atoms with Gasteiger partial charge in [-0.05, 0) is 19.1 Å². The molecule has 1 aromatic heterocycles. The summed E-state index contributed by atoms with van der Waals surface area (Å²) in [4.78, 5) is 5.83. The van der Waals surface area contributed by atoms with Crippen LogP contribution >= 0.6 is 0 Å². The first-order valence-electron chi connectivity index (χ1n) is 6.36. The summed E-state index contributed by atoms with van der Waals surface area (Å²) < 4.78 is 37.3. The maximum absolute atomic E-state index is 12.4. The van der Waals surface area contributed by atoms with E-state index in [0.717, 1.165) is 18.8 Å². The van der Waals surface area contributed by atoms with Gasteiger partial charge in [0.05, 0.1) is 5.56 Å². The zero-order valence-electron chi connectivity index (χ0n) is 11.5. The van der Waals surface area contributed by atoms with E-state index in [2.05, 4.69) is 10.3 Å². The molecular weight excluding hydrogens is 255 g/mol. The number of anilines is 1. The van der Waals surface area contributed by atoms with Gasteiger partial charge >= 0.3 is 6.18 Å². The summed E-state index contributed by atoms with van der Waals surface area (Å²) in [6.45, 7) is 8.24. The van der Waals surface area contributed by atoms with Crippen LogP contribution in [0.15, 0.2) is 18.3 Å². The van der Waals surface area contributed by atoms with Crippen molar-refractivity contribution in [3.63, 3.8) is 0 Å². The Labute approximate surface area is 111 Å². The van der Waals surface area contributed by atoms with Gasteiger partial charge in [-0.2, -0.15) is 13.2 Å². The Kier molecular flexibility index (Phi) is 5.60. The van der Waals surface area contributed by atoms with Gasteiger partial charge in [-0.1, -0.05) is 13.8 Å². The predicted octanol–water partition coefficient (Wildman–Crippen LogP) is 2.92. The maximum Gasteiger partial charge on any atom is 0.417 e. The average molecular weight is 275 g/mol. The second kappa shape index (κ2) is 6.75. The standard InChI is InChI=1S/C13H20F3N3/c1-4-19(8-7-17-10(2)3)12-6-5-11(9-18-12)13(14,15)16/h5-6,9-10,17H,4,7-8H2,1-3H3. The second-order valence-electron chi connectivity index (χ2n) is 4.59. The van der Waals surface area contributed by atoms with Gasteiger partial charge in [0, 0.05) is 31.9 Å². The molecule has 0 saturated carbocycles.